The molecule has 3 N–H and O–H groups in total. The fourth-order valence-corrected chi connectivity index (χ4v) is 1.72. The monoisotopic (exact) mass is 246 g/mol. The Bertz CT molecular complexity index is 291. The average molecular weight is 246 g/mol. The molecule has 3 unspecified atom stereocenters. The molecular formula is C11H18O6. The standard InChI is InChI=1S/C11H18O6/c1-5(9(12)13)4-8(6(2)10(14)15)7(3)11(16)17/h5-8H,4H2,1-3H3,(H,12,13)(H,14,15)(H,16,17). The summed E-state index contributed by atoms with van der Waals surface area (Å²) in [6, 6.07) is 0. The lowest BCUT2D eigenvalue weighted by Gasteiger charge is -2.26. The summed E-state index contributed by atoms with van der Waals surface area (Å²) in [5.41, 5.74) is 0. The van der Waals surface area contributed by atoms with Gasteiger partial charge in [-0.25, -0.2) is 0 Å². The van der Waals surface area contributed by atoms with E-state index in [4.69, 9.17) is 15.3 Å². The largest absolute Gasteiger partial charge is 0.481 e. The van der Waals surface area contributed by atoms with Crippen molar-refractivity contribution in [3.05, 3.63) is 0 Å². The van der Waals surface area contributed by atoms with Crippen LogP contribution < -0.4 is 0 Å². The van der Waals surface area contributed by atoms with E-state index >= 15 is 0 Å². The van der Waals surface area contributed by atoms with Crippen molar-refractivity contribution in [2.75, 3.05) is 0 Å². The highest BCUT2D eigenvalue weighted by Crippen LogP contribution is 2.28. The molecule has 6 heteroatoms. The van der Waals surface area contributed by atoms with Gasteiger partial charge < -0.3 is 15.3 Å². The van der Waals surface area contributed by atoms with Gasteiger partial charge in [0.05, 0.1) is 17.8 Å². The first-order valence-corrected chi connectivity index (χ1v) is 5.36. The predicted molar refractivity (Wildman–Crippen MR) is 58.5 cm³/mol. The van der Waals surface area contributed by atoms with Gasteiger partial charge in [0.2, 0.25) is 0 Å². The maximum atomic E-state index is 10.9. The van der Waals surface area contributed by atoms with Crippen LogP contribution in [0.3, 0.4) is 0 Å². The molecule has 0 bridgehead atoms. The predicted octanol–water partition coefficient (Wildman–Crippen LogP) is 1.15. The van der Waals surface area contributed by atoms with E-state index in [1.54, 1.807) is 0 Å². The molecule has 0 spiro atoms. The summed E-state index contributed by atoms with van der Waals surface area (Å²) in [4.78, 5) is 32.5. The fraction of sp³-hybridized carbons (Fsp3) is 0.727. The minimum absolute atomic E-state index is 0.0380. The van der Waals surface area contributed by atoms with Crippen LogP contribution in [0.5, 0.6) is 0 Å². The van der Waals surface area contributed by atoms with Crippen molar-refractivity contribution < 1.29 is 29.7 Å². The van der Waals surface area contributed by atoms with Gasteiger partial charge in [-0.2, -0.15) is 0 Å². The number of hydrogen-bond acceptors (Lipinski definition) is 3. The van der Waals surface area contributed by atoms with Crippen molar-refractivity contribution in [3.8, 4) is 0 Å². The van der Waals surface area contributed by atoms with Crippen molar-refractivity contribution in [3.63, 3.8) is 0 Å². The maximum absolute atomic E-state index is 10.9. The highest BCUT2D eigenvalue weighted by atomic mass is 16.4. The van der Waals surface area contributed by atoms with Crippen LogP contribution >= 0.6 is 0 Å². The van der Waals surface area contributed by atoms with Crippen LogP contribution in [-0.4, -0.2) is 33.2 Å². The van der Waals surface area contributed by atoms with E-state index in [0.717, 1.165) is 0 Å². The van der Waals surface area contributed by atoms with Crippen LogP contribution in [0.2, 0.25) is 0 Å². The van der Waals surface area contributed by atoms with Gasteiger partial charge in [-0.3, -0.25) is 14.4 Å². The van der Waals surface area contributed by atoms with Crippen molar-refractivity contribution in [1.82, 2.24) is 0 Å². The highest BCUT2D eigenvalue weighted by Gasteiger charge is 2.34. The molecule has 0 amide bonds. The van der Waals surface area contributed by atoms with Crippen LogP contribution in [0.4, 0.5) is 0 Å². The third kappa shape index (κ3) is 4.42. The van der Waals surface area contributed by atoms with Crippen molar-refractivity contribution >= 4 is 17.9 Å². The molecule has 17 heavy (non-hydrogen) atoms. The molecule has 98 valence electrons. The summed E-state index contributed by atoms with van der Waals surface area (Å²) in [5.74, 6) is -6.50. The number of carbonyl (C=O) groups is 3. The van der Waals surface area contributed by atoms with E-state index in [-0.39, 0.29) is 6.42 Å². The normalized spacial score (nSPS) is 17.8. The second-order valence-corrected chi connectivity index (χ2v) is 4.39. The average Bonchev–Trinajstić information content (AvgIpc) is 2.22. The number of carboxylic acids is 3. The summed E-state index contributed by atoms with van der Waals surface area (Å²) in [6.07, 6.45) is 0.0380. The van der Waals surface area contributed by atoms with E-state index in [1.807, 2.05) is 0 Å². The van der Waals surface area contributed by atoms with Crippen molar-refractivity contribution in [1.29, 1.82) is 0 Å². The van der Waals surface area contributed by atoms with Gasteiger partial charge >= 0.3 is 17.9 Å². The molecule has 0 aliphatic rings. The van der Waals surface area contributed by atoms with E-state index < -0.39 is 41.6 Å². The third-order valence-electron chi connectivity index (χ3n) is 3.11. The number of rotatable bonds is 7. The minimum Gasteiger partial charge on any atom is -0.481 e. The first-order chi connectivity index (χ1) is 7.68. The molecule has 0 fully saturated rings. The Kier molecular flexibility index (Phi) is 5.64. The summed E-state index contributed by atoms with van der Waals surface area (Å²) >= 11 is 0. The number of hydrogen-bond donors (Lipinski definition) is 3. The Morgan fingerprint density at radius 2 is 1.18 bits per heavy atom. The molecule has 0 saturated heterocycles. The zero-order valence-electron chi connectivity index (χ0n) is 10.1. The van der Waals surface area contributed by atoms with Gasteiger partial charge in [0.15, 0.2) is 0 Å². The van der Waals surface area contributed by atoms with Crippen LogP contribution in [0, 0.1) is 23.7 Å². The molecule has 0 aliphatic carbocycles. The SMILES string of the molecule is CC(CC(C(C)C(=O)O)C(C)C(=O)O)C(=O)O. The Hall–Kier alpha value is -1.59. The van der Waals surface area contributed by atoms with Gasteiger partial charge in [-0.1, -0.05) is 20.8 Å². The second kappa shape index (κ2) is 6.22. The van der Waals surface area contributed by atoms with E-state index in [0.29, 0.717) is 0 Å². The van der Waals surface area contributed by atoms with E-state index in [2.05, 4.69) is 0 Å². The maximum Gasteiger partial charge on any atom is 0.306 e. The molecule has 6 nitrogen and oxygen atoms in total. The molecule has 0 heterocycles. The van der Waals surface area contributed by atoms with Gasteiger partial charge in [0, 0.05) is 0 Å². The Balaban J connectivity index is 4.91. The van der Waals surface area contributed by atoms with Crippen molar-refractivity contribution in [2.24, 2.45) is 23.7 Å². The second-order valence-electron chi connectivity index (χ2n) is 4.39. The molecule has 3 atom stereocenters. The zero-order valence-corrected chi connectivity index (χ0v) is 10.1. The van der Waals surface area contributed by atoms with Crippen LogP contribution in [0.15, 0.2) is 0 Å². The molecule has 0 aromatic carbocycles. The van der Waals surface area contributed by atoms with Gasteiger partial charge in [-0.05, 0) is 12.3 Å². The Labute approximate surface area is 99.3 Å². The third-order valence-corrected chi connectivity index (χ3v) is 3.11. The lowest BCUT2D eigenvalue weighted by atomic mass is 9.78. The molecule has 0 aromatic heterocycles. The number of carboxylic acid groups (broad SMARTS) is 3. The number of aliphatic carboxylic acids is 3. The van der Waals surface area contributed by atoms with Gasteiger partial charge in [-0.15, -0.1) is 0 Å². The van der Waals surface area contributed by atoms with E-state index in [1.165, 1.54) is 20.8 Å². The lowest BCUT2D eigenvalue weighted by Crippen LogP contribution is -2.33. The van der Waals surface area contributed by atoms with E-state index in [9.17, 15) is 14.4 Å². The lowest BCUT2D eigenvalue weighted by molar-refractivity contribution is -0.151. The van der Waals surface area contributed by atoms with Crippen LogP contribution in [-0.2, 0) is 14.4 Å². The molecule has 0 rings (SSSR count). The molecule has 0 aromatic rings. The Morgan fingerprint density at radius 3 is 1.41 bits per heavy atom. The Morgan fingerprint density at radius 1 is 0.824 bits per heavy atom. The van der Waals surface area contributed by atoms with Gasteiger partial charge in [0.1, 0.15) is 0 Å². The summed E-state index contributed by atoms with van der Waals surface area (Å²) < 4.78 is 0. The highest BCUT2D eigenvalue weighted by molar-refractivity contribution is 5.74. The first-order valence-electron chi connectivity index (χ1n) is 5.36. The first kappa shape index (κ1) is 15.4. The topological polar surface area (TPSA) is 112 Å². The van der Waals surface area contributed by atoms with Crippen LogP contribution in [0.25, 0.3) is 0 Å². The van der Waals surface area contributed by atoms with Crippen molar-refractivity contribution in [2.45, 2.75) is 27.2 Å². The summed E-state index contributed by atoms with van der Waals surface area (Å²) in [6.45, 7) is 4.25. The molecule has 0 saturated carbocycles. The minimum atomic E-state index is -1.11. The summed E-state index contributed by atoms with van der Waals surface area (Å²) in [7, 11) is 0. The fourth-order valence-electron chi connectivity index (χ4n) is 1.72. The van der Waals surface area contributed by atoms with Gasteiger partial charge in [0.25, 0.3) is 0 Å². The summed E-state index contributed by atoms with van der Waals surface area (Å²) in [5, 5.41) is 26.6. The smallest absolute Gasteiger partial charge is 0.306 e. The molecule has 0 radical (unpaired) electrons. The van der Waals surface area contributed by atoms with Crippen LogP contribution in [0.1, 0.15) is 27.2 Å². The zero-order chi connectivity index (χ0) is 13.7. The molecule has 0 aliphatic heterocycles. The molecular weight excluding hydrogens is 228 g/mol. The quantitative estimate of drug-likeness (QED) is 0.621.